The predicted octanol–water partition coefficient (Wildman–Crippen LogP) is 3.48. The van der Waals surface area contributed by atoms with Crippen LogP contribution < -0.4 is 11.1 Å². The Morgan fingerprint density at radius 3 is 2.80 bits per heavy atom. The number of nitrogens with two attached hydrogens (primary N) is 1. The third kappa shape index (κ3) is 2.19. The van der Waals surface area contributed by atoms with Crippen LogP contribution >= 0.6 is 11.3 Å². The molecular weight excluding hydrogens is 272 g/mol. The van der Waals surface area contributed by atoms with Crippen molar-refractivity contribution in [2.45, 2.75) is 26.6 Å². The second kappa shape index (κ2) is 4.92. The van der Waals surface area contributed by atoms with Gasteiger partial charge in [-0.25, -0.2) is 0 Å². The van der Waals surface area contributed by atoms with Crippen LogP contribution in [0.4, 0.5) is 10.7 Å². The molecule has 0 bridgehead atoms. The number of carbonyl (C=O) groups is 1. The minimum atomic E-state index is -0.166. The number of nitrogen functional groups attached to an aromatic ring is 1. The van der Waals surface area contributed by atoms with Crippen LogP contribution in [0.1, 0.15) is 39.4 Å². The Morgan fingerprint density at radius 2 is 2.10 bits per heavy atom. The Hall–Kier alpha value is -1.85. The van der Waals surface area contributed by atoms with Crippen molar-refractivity contribution in [1.29, 1.82) is 0 Å². The van der Waals surface area contributed by atoms with Crippen molar-refractivity contribution in [3.8, 4) is 0 Å². The van der Waals surface area contributed by atoms with Crippen LogP contribution in [0.2, 0.25) is 0 Å². The van der Waals surface area contributed by atoms with Crippen LogP contribution in [0.3, 0.4) is 0 Å². The largest absolute Gasteiger partial charge is 0.390 e. The number of rotatable bonds is 2. The maximum Gasteiger partial charge on any atom is 0.259 e. The van der Waals surface area contributed by atoms with Gasteiger partial charge in [-0.15, -0.1) is 11.3 Å². The van der Waals surface area contributed by atoms with Crippen molar-refractivity contribution in [2.24, 2.45) is 0 Å². The van der Waals surface area contributed by atoms with E-state index in [4.69, 9.17) is 10.5 Å². The Morgan fingerprint density at radius 1 is 1.40 bits per heavy atom. The first-order chi connectivity index (χ1) is 9.56. The fraction of sp³-hybridized carbons (Fsp3) is 0.267. The smallest absolute Gasteiger partial charge is 0.259 e. The molecule has 0 saturated carbocycles. The van der Waals surface area contributed by atoms with E-state index in [0.717, 1.165) is 21.7 Å². The van der Waals surface area contributed by atoms with E-state index in [9.17, 15) is 4.79 Å². The van der Waals surface area contributed by atoms with Gasteiger partial charge in [0.1, 0.15) is 0 Å². The van der Waals surface area contributed by atoms with Gasteiger partial charge < -0.3 is 15.8 Å². The molecule has 20 heavy (non-hydrogen) atoms. The Balaban J connectivity index is 1.90. The van der Waals surface area contributed by atoms with Crippen molar-refractivity contribution in [1.82, 2.24) is 0 Å². The zero-order valence-corrected chi connectivity index (χ0v) is 12.2. The highest BCUT2D eigenvalue weighted by Gasteiger charge is 2.30. The summed E-state index contributed by atoms with van der Waals surface area (Å²) in [7, 11) is 0. The number of nitrogens with one attached hydrogen (secondary N) is 1. The maximum absolute atomic E-state index is 12.4. The molecule has 2 heterocycles. The van der Waals surface area contributed by atoms with Gasteiger partial charge in [-0.2, -0.15) is 0 Å². The zero-order chi connectivity index (χ0) is 14.3. The fourth-order valence-corrected chi connectivity index (χ4v) is 3.47. The predicted molar refractivity (Wildman–Crippen MR) is 81.1 cm³/mol. The molecule has 3 N–H and O–H groups in total. The molecule has 1 aromatic carbocycles. The third-order valence-electron chi connectivity index (χ3n) is 3.46. The number of aryl methyl sites for hydroxylation is 1. The number of hydrogen-bond acceptors (Lipinski definition) is 4. The average Bonchev–Trinajstić information content (AvgIpc) is 2.91. The van der Waals surface area contributed by atoms with Crippen molar-refractivity contribution in [3.63, 3.8) is 0 Å². The van der Waals surface area contributed by atoms with Crippen LogP contribution in [0, 0.1) is 6.92 Å². The number of anilines is 2. The lowest BCUT2D eigenvalue weighted by Gasteiger charge is -2.09. The molecular formula is C15H16N2O2S. The summed E-state index contributed by atoms with van der Waals surface area (Å²) in [6, 6.07) is 7.69. The average molecular weight is 288 g/mol. The van der Waals surface area contributed by atoms with Gasteiger partial charge in [0.05, 0.1) is 23.3 Å². The summed E-state index contributed by atoms with van der Waals surface area (Å²) in [4.78, 5) is 13.5. The number of carbonyl (C=O) groups excluding carboxylic acids is 1. The summed E-state index contributed by atoms with van der Waals surface area (Å²) < 4.78 is 5.55. The first kappa shape index (κ1) is 13.1. The van der Waals surface area contributed by atoms with Gasteiger partial charge in [0.15, 0.2) is 0 Å². The van der Waals surface area contributed by atoms with E-state index in [1.54, 1.807) is 0 Å². The third-order valence-corrected chi connectivity index (χ3v) is 4.46. The normalized spacial score (nSPS) is 17.0. The lowest BCUT2D eigenvalue weighted by Crippen LogP contribution is -2.15. The summed E-state index contributed by atoms with van der Waals surface area (Å²) in [6.45, 7) is 4.50. The molecule has 5 heteroatoms. The van der Waals surface area contributed by atoms with Crippen LogP contribution in [-0.4, -0.2) is 5.91 Å². The van der Waals surface area contributed by atoms with Gasteiger partial charge in [0.25, 0.3) is 5.91 Å². The van der Waals surface area contributed by atoms with Gasteiger partial charge in [0.2, 0.25) is 0 Å². The summed E-state index contributed by atoms with van der Waals surface area (Å²) in [6.07, 6.45) is -0.0719. The number of benzene rings is 1. The summed E-state index contributed by atoms with van der Waals surface area (Å²) >= 11 is 1.44. The van der Waals surface area contributed by atoms with Gasteiger partial charge in [-0.05, 0) is 26.0 Å². The summed E-state index contributed by atoms with van der Waals surface area (Å²) in [5.74, 6) is -0.166. The van der Waals surface area contributed by atoms with Crippen molar-refractivity contribution >= 4 is 27.9 Å². The summed E-state index contributed by atoms with van der Waals surface area (Å²) in [5.41, 5.74) is 9.43. The molecule has 0 saturated heterocycles. The summed E-state index contributed by atoms with van der Waals surface area (Å²) in [5, 5.41) is 3.46. The quantitative estimate of drug-likeness (QED) is 0.889. The molecule has 1 unspecified atom stereocenters. The standard InChI is InChI=1S/C15H16N2O2S/c1-8-3-5-10(6-4-8)17-15(18)13-12-9(2)19-7-11(12)20-14(13)16/h3-6,9H,7,16H2,1-2H3,(H,17,18). The number of hydrogen-bond donors (Lipinski definition) is 2. The molecule has 1 aliphatic heterocycles. The van der Waals surface area contributed by atoms with Gasteiger partial charge >= 0.3 is 0 Å². The van der Waals surface area contributed by atoms with E-state index in [-0.39, 0.29) is 12.0 Å². The van der Waals surface area contributed by atoms with E-state index < -0.39 is 0 Å². The molecule has 1 aromatic heterocycles. The SMILES string of the molecule is Cc1ccc(NC(=O)c2c(N)sc3c2C(C)OC3)cc1. The van der Waals surface area contributed by atoms with Crippen LogP contribution in [-0.2, 0) is 11.3 Å². The van der Waals surface area contributed by atoms with E-state index in [0.29, 0.717) is 17.2 Å². The number of amides is 1. The lowest BCUT2D eigenvalue weighted by atomic mass is 10.1. The number of thiophene rings is 1. The van der Waals surface area contributed by atoms with E-state index in [1.165, 1.54) is 11.3 Å². The first-order valence-electron chi connectivity index (χ1n) is 6.47. The highest BCUT2D eigenvalue weighted by Crippen LogP contribution is 2.42. The highest BCUT2D eigenvalue weighted by atomic mass is 32.1. The molecule has 1 atom stereocenters. The Labute approximate surface area is 121 Å². The van der Waals surface area contributed by atoms with Gasteiger partial charge in [-0.1, -0.05) is 17.7 Å². The maximum atomic E-state index is 12.4. The van der Waals surface area contributed by atoms with Gasteiger partial charge in [-0.3, -0.25) is 4.79 Å². The Kier molecular flexibility index (Phi) is 3.23. The lowest BCUT2D eigenvalue weighted by molar-refractivity contribution is 0.0790. The second-order valence-corrected chi connectivity index (χ2v) is 6.09. The molecule has 3 rings (SSSR count). The van der Waals surface area contributed by atoms with Crippen LogP contribution in [0.15, 0.2) is 24.3 Å². The highest BCUT2D eigenvalue weighted by molar-refractivity contribution is 7.16. The van der Waals surface area contributed by atoms with E-state index in [2.05, 4.69) is 5.32 Å². The fourth-order valence-electron chi connectivity index (χ4n) is 2.40. The molecule has 0 fully saturated rings. The van der Waals surface area contributed by atoms with Crippen LogP contribution in [0.5, 0.6) is 0 Å². The van der Waals surface area contributed by atoms with E-state index in [1.807, 2.05) is 38.1 Å². The minimum Gasteiger partial charge on any atom is -0.390 e. The van der Waals surface area contributed by atoms with Gasteiger partial charge in [0, 0.05) is 16.1 Å². The molecule has 4 nitrogen and oxygen atoms in total. The van der Waals surface area contributed by atoms with Crippen molar-refractivity contribution in [3.05, 3.63) is 45.8 Å². The molecule has 0 spiro atoms. The topological polar surface area (TPSA) is 64.4 Å². The number of fused-ring (bicyclic) bond motifs is 1. The molecule has 104 valence electrons. The Bertz CT molecular complexity index is 661. The number of ether oxygens (including phenoxy) is 1. The molecule has 2 aromatic rings. The molecule has 1 aliphatic rings. The van der Waals surface area contributed by atoms with Crippen molar-refractivity contribution < 1.29 is 9.53 Å². The molecule has 0 radical (unpaired) electrons. The van der Waals surface area contributed by atoms with Crippen molar-refractivity contribution in [2.75, 3.05) is 11.1 Å². The zero-order valence-electron chi connectivity index (χ0n) is 11.4. The molecule has 0 aliphatic carbocycles. The van der Waals surface area contributed by atoms with E-state index >= 15 is 0 Å². The second-order valence-electron chi connectivity index (χ2n) is 4.95. The minimum absolute atomic E-state index is 0.0719. The van der Waals surface area contributed by atoms with Crippen LogP contribution in [0.25, 0.3) is 0 Å². The first-order valence-corrected chi connectivity index (χ1v) is 7.28. The monoisotopic (exact) mass is 288 g/mol. The molecule has 1 amide bonds.